The van der Waals surface area contributed by atoms with Crippen LogP contribution in [0.3, 0.4) is 0 Å². The number of benzene rings is 1. The first-order valence-corrected chi connectivity index (χ1v) is 7.08. The summed E-state index contributed by atoms with van der Waals surface area (Å²) in [5.74, 6) is 0.736. The number of Topliss-reactive ketones (excluding diaryl/α,β-unsaturated/α-hetero) is 1. The second kappa shape index (κ2) is 7.67. The highest BCUT2D eigenvalue weighted by molar-refractivity contribution is 5.97. The first-order chi connectivity index (χ1) is 9.94. The molecule has 5 heteroatoms. The van der Waals surface area contributed by atoms with Crippen molar-refractivity contribution in [2.75, 3.05) is 20.2 Å². The molecule has 5 nitrogen and oxygen atoms in total. The second-order valence-electron chi connectivity index (χ2n) is 4.69. The molecule has 1 unspecified atom stereocenters. The molecule has 0 radical (unpaired) electrons. The van der Waals surface area contributed by atoms with Gasteiger partial charge < -0.3 is 14.4 Å². The van der Waals surface area contributed by atoms with Crippen LogP contribution >= 0.6 is 0 Å². The molecule has 0 saturated carbocycles. The molecule has 0 heterocycles. The zero-order valence-electron chi connectivity index (χ0n) is 13.3. The van der Waals surface area contributed by atoms with Gasteiger partial charge in [-0.1, -0.05) is 0 Å². The molecule has 0 spiro atoms. The summed E-state index contributed by atoms with van der Waals surface area (Å²) >= 11 is 0. The summed E-state index contributed by atoms with van der Waals surface area (Å²) in [4.78, 5) is 25.6. The number of amides is 1. The molecular weight excluding hydrogens is 270 g/mol. The van der Waals surface area contributed by atoms with Crippen molar-refractivity contribution in [3.8, 4) is 11.5 Å². The average Bonchev–Trinajstić information content (AvgIpc) is 2.47. The molecule has 0 aliphatic carbocycles. The van der Waals surface area contributed by atoms with E-state index in [4.69, 9.17) is 9.47 Å². The fraction of sp³-hybridized carbons (Fsp3) is 0.500. The van der Waals surface area contributed by atoms with E-state index < -0.39 is 6.10 Å². The van der Waals surface area contributed by atoms with E-state index in [0.717, 1.165) is 0 Å². The summed E-state index contributed by atoms with van der Waals surface area (Å²) < 4.78 is 10.8. The molecule has 116 valence electrons. The Morgan fingerprint density at radius 1 is 1.24 bits per heavy atom. The number of ether oxygens (including phenoxy) is 2. The van der Waals surface area contributed by atoms with Crippen LogP contribution in [-0.4, -0.2) is 42.9 Å². The predicted molar refractivity (Wildman–Crippen MR) is 81.0 cm³/mol. The quantitative estimate of drug-likeness (QED) is 0.725. The van der Waals surface area contributed by atoms with Crippen molar-refractivity contribution < 1.29 is 19.1 Å². The van der Waals surface area contributed by atoms with Crippen LogP contribution in [0.2, 0.25) is 0 Å². The predicted octanol–water partition coefficient (Wildman–Crippen LogP) is 2.53. The third kappa shape index (κ3) is 4.21. The molecule has 0 N–H and O–H groups in total. The van der Waals surface area contributed by atoms with Gasteiger partial charge in [0.1, 0.15) is 11.5 Å². The Labute approximate surface area is 125 Å². The number of likely N-dealkylation sites (N-methyl/N-ethyl adjacent to an activating group) is 1. The maximum Gasteiger partial charge on any atom is 0.263 e. The van der Waals surface area contributed by atoms with Gasteiger partial charge in [-0.2, -0.15) is 0 Å². The van der Waals surface area contributed by atoms with Gasteiger partial charge in [-0.05, 0) is 39.8 Å². The molecule has 21 heavy (non-hydrogen) atoms. The van der Waals surface area contributed by atoms with Gasteiger partial charge >= 0.3 is 0 Å². The Bertz CT molecular complexity index is 509. The zero-order valence-corrected chi connectivity index (χ0v) is 13.3. The number of hydrogen-bond acceptors (Lipinski definition) is 4. The Morgan fingerprint density at radius 3 is 2.33 bits per heavy atom. The van der Waals surface area contributed by atoms with Crippen molar-refractivity contribution in [2.45, 2.75) is 33.8 Å². The van der Waals surface area contributed by atoms with Crippen LogP contribution in [0.5, 0.6) is 11.5 Å². The first-order valence-electron chi connectivity index (χ1n) is 7.08. The highest BCUT2D eigenvalue weighted by Crippen LogP contribution is 2.26. The van der Waals surface area contributed by atoms with Crippen molar-refractivity contribution in [3.05, 3.63) is 23.8 Å². The van der Waals surface area contributed by atoms with E-state index in [1.165, 1.54) is 14.0 Å². The first kappa shape index (κ1) is 17.0. The molecule has 0 aromatic heterocycles. The van der Waals surface area contributed by atoms with Crippen LogP contribution in [-0.2, 0) is 4.79 Å². The van der Waals surface area contributed by atoms with E-state index >= 15 is 0 Å². The summed E-state index contributed by atoms with van der Waals surface area (Å²) in [6, 6.07) is 4.97. The third-order valence-corrected chi connectivity index (χ3v) is 3.29. The number of ketones is 1. The van der Waals surface area contributed by atoms with Crippen molar-refractivity contribution in [1.29, 1.82) is 0 Å². The number of methoxy groups -OCH3 is 1. The number of hydrogen-bond donors (Lipinski definition) is 0. The normalized spacial score (nSPS) is 11.7. The van der Waals surface area contributed by atoms with E-state index in [9.17, 15) is 9.59 Å². The van der Waals surface area contributed by atoms with Gasteiger partial charge in [0.2, 0.25) is 0 Å². The van der Waals surface area contributed by atoms with Crippen molar-refractivity contribution >= 4 is 11.7 Å². The molecule has 0 aliphatic rings. The van der Waals surface area contributed by atoms with Crippen molar-refractivity contribution in [1.82, 2.24) is 4.90 Å². The molecule has 0 fully saturated rings. The van der Waals surface area contributed by atoms with Gasteiger partial charge in [-0.15, -0.1) is 0 Å². The Hall–Kier alpha value is -2.04. The minimum atomic E-state index is -0.657. The van der Waals surface area contributed by atoms with E-state index in [2.05, 4.69) is 0 Å². The van der Waals surface area contributed by atoms with Crippen LogP contribution in [0.15, 0.2) is 18.2 Å². The highest BCUT2D eigenvalue weighted by atomic mass is 16.5. The lowest BCUT2D eigenvalue weighted by atomic mass is 10.1. The van der Waals surface area contributed by atoms with E-state index in [1.807, 2.05) is 13.8 Å². The topological polar surface area (TPSA) is 55.8 Å². The maximum absolute atomic E-state index is 12.2. The van der Waals surface area contributed by atoms with Gasteiger partial charge in [0.25, 0.3) is 5.91 Å². The third-order valence-electron chi connectivity index (χ3n) is 3.29. The second-order valence-corrected chi connectivity index (χ2v) is 4.69. The molecule has 0 aliphatic heterocycles. The molecule has 0 bridgehead atoms. The lowest BCUT2D eigenvalue weighted by molar-refractivity contribution is -0.137. The van der Waals surface area contributed by atoms with Crippen LogP contribution < -0.4 is 9.47 Å². The average molecular weight is 293 g/mol. The molecule has 0 saturated heterocycles. The Kier molecular flexibility index (Phi) is 6.21. The summed E-state index contributed by atoms with van der Waals surface area (Å²) in [6.45, 7) is 8.23. The largest absolute Gasteiger partial charge is 0.497 e. The van der Waals surface area contributed by atoms with Crippen LogP contribution in [0, 0.1) is 0 Å². The van der Waals surface area contributed by atoms with Crippen molar-refractivity contribution in [2.24, 2.45) is 0 Å². The standard InChI is InChI=1S/C16H23NO4/c1-6-17(7-2)16(19)12(4)21-15-10-13(20-5)8-9-14(15)11(3)18/h8-10,12H,6-7H2,1-5H3. The molecule has 1 rings (SSSR count). The van der Waals surface area contributed by atoms with Gasteiger partial charge in [0.05, 0.1) is 12.7 Å². The number of rotatable bonds is 7. The lowest BCUT2D eigenvalue weighted by Crippen LogP contribution is -2.40. The summed E-state index contributed by atoms with van der Waals surface area (Å²) in [6.07, 6.45) is -0.657. The number of nitrogens with zero attached hydrogens (tertiary/aromatic N) is 1. The minimum absolute atomic E-state index is 0.0997. The van der Waals surface area contributed by atoms with E-state index in [1.54, 1.807) is 30.0 Å². The van der Waals surface area contributed by atoms with Gasteiger partial charge in [0, 0.05) is 19.2 Å². The monoisotopic (exact) mass is 293 g/mol. The van der Waals surface area contributed by atoms with Crippen molar-refractivity contribution in [3.63, 3.8) is 0 Å². The SMILES string of the molecule is CCN(CC)C(=O)C(C)Oc1cc(OC)ccc1C(C)=O. The minimum Gasteiger partial charge on any atom is -0.497 e. The maximum atomic E-state index is 12.2. The van der Waals surface area contributed by atoms with E-state index in [0.29, 0.717) is 30.2 Å². The van der Waals surface area contributed by atoms with E-state index in [-0.39, 0.29) is 11.7 Å². The lowest BCUT2D eigenvalue weighted by Gasteiger charge is -2.24. The fourth-order valence-electron chi connectivity index (χ4n) is 2.05. The van der Waals surface area contributed by atoms with Gasteiger partial charge in [-0.25, -0.2) is 0 Å². The number of carbonyl (C=O) groups is 2. The molecular formula is C16H23NO4. The van der Waals surface area contributed by atoms with Gasteiger partial charge in [0.15, 0.2) is 11.9 Å². The Morgan fingerprint density at radius 2 is 1.86 bits per heavy atom. The summed E-state index contributed by atoms with van der Waals surface area (Å²) in [5, 5.41) is 0. The molecule has 1 atom stereocenters. The fourth-order valence-corrected chi connectivity index (χ4v) is 2.05. The van der Waals surface area contributed by atoms with Crippen LogP contribution in [0.1, 0.15) is 38.1 Å². The summed E-state index contributed by atoms with van der Waals surface area (Å²) in [7, 11) is 1.54. The van der Waals surface area contributed by atoms with Crippen LogP contribution in [0.4, 0.5) is 0 Å². The smallest absolute Gasteiger partial charge is 0.263 e. The molecule has 1 aromatic carbocycles. The zero-order chi connectivity index (χ0) is 16.0. The number of carbonyl (C=O) groups excluding carboxylic acids is 2. The van der Waals surface area contributed by atoms with Crippen LogP contribution in [0.25, 0.3) is 0 Å². The summed E-state index contributed by atoms with van der Waals surface area (Å²) in [5.41, 5.74) is 0.440. The highest BCUT2D eigenvalue weighted by Gasteiger charge is 2.21. The Balaban J connectivity index is 3.00. The molecule has 1 amide bonds. The van der Waals surface area contributed by atoms with Gasteiger partial charge in [-0.3, -0.25) is 9.59 Å². The molecule has 1 aromatic rings.